The Balaban J connectivity index is 2.53. The Hall–Kier alpha value is -1.66. The number of aromatic nitrogens is 2. The molecular formula is C19H30N2O5Si. The fraction of sp³-hybridized carbons (Fsp3) is 0.684. The molecule has 1 fully saturated rings. The van der Waals surface area contributed by atoms with Crippen molar-refractivity contribution in [3.8, 4) is 12.3 Å². The van der Waals surface area contributed by atoms with Crippen molar-refractivity contribution >= 4 is 8.32 Å². The molecule has 1 aliphatic heterocycles. The molecule has 27 heavy (non-hydrogen) atoms. The number of H-pyrrole nitrogens is 1. The summed E-state index contributed by atoms with van der Waals surface area (Å²) in [7, 11) is -2.23. The number of rotatable bonds is 4. The second-order valence-corrected chi connectivity index (χ2v) is 13.6. The van der Waals surface area contributed by atoms with Crippen LogP contribution < -0.4 is 11.2 Å². The van der Waals surface area contributed by atoms with Crippen LogP contribution in [0.4, 0.5) is 0 Å². The fourth-order valence-electron chi connectivity index (χ4n) is 3.04. The molecule has 0 radical (unpaired) electrons. The van der Waals surface area contributed by atoms with E-state index in [4.69, 9.17) is 15.6 Å². The Morgan fingerprint density at radius 2 is 2.04 bits per heavy atom. The van der Waals surface area contributed by atoms with Crippen LogP contribution in [0.3, 0.4) is 0 Å². The van der Waals surface area contributed by atoms with E-state index in [2.05, 4.69) is 44.8 Å². The lowest BCUT2D eigenvalue weighted by Crippen LogP contribution is -2.53. The van der Waals surface area contributed by atoms with E-state index >= 15 is 0 Å². The van der Waals surface area contributed by atoms with Crippen LogP contribution in [-0.2, 0) is 9.16 Å². The minimum absolute atomic E-state index is 0.0635. The van der Waals surface area contributed by atoms with Crippen molar-refractivity contribution in [1.29, 1.82) is 0 Å². The highest BCUT2D eigenvalue weighted by Gasteiger charge is 2.56. The molecule has 8 heteroatoms. The van der Waals surface area contributed by atoms with Gasteiger partial charge in [0.1, 0.15) is 6.23 Å². The predicted molar refractivity (Wildman–Crippen MR) is 106 cm³/mol. The summed E-state index contributed by atoms with van der Waals surface area (Å²) in [5.41, 5.74) is -2.00. The second kappa shape index (κ2) is 7.06. The Labute approximate surface area is 160 Å². The van der Waals surface area contributed by atoms with Gasteiger partial charge >= 0.3 is 5.69 Å². The van der Waals surface area contributed by atoms with Crippen LogP contribution in [0.2, 0.25) is 18.1 Å². The molecule has 2 rings (SSSR count). The lowest BCUT2D eigenvalue weighted by atomic mass is 9.92. The van der Waals surface area contributed by atoms with Gasteiger partial charge in [0.25, 0.3) is 5.56 Å². The maximum absolute atomic E-state index is 12.3. The van der Waals surface area contributed by atoms with Crippen molar-refractivity contribution in [3.05, 3.63) is 32.6 Å². The largest absolute Gasteiger partial charge is 0.409 e. The molecule has 0 bridgehead atoms. The average molecular weight is 395 g/mol. The molecule has 1 aromatic rings. The van der Waals surface area contributed by atoms with Crippen LogP contribution in [0.25, 0.3) is 0 Å². The zero-order valence-corrected chi connectivity index (χ0v) is 18.1. The Kier molecular flexibility index (Phi) is 5.65. The first kappa shape index (κ1) is 21.6. The topological polar surface area (TPSA) is 93.5 Å². The van der Waals surface area contributed by atoms with Crippen molar-refractivity contribution in [2.75, 3.05) is 6.61 Å². The molecule has 2 N–H and O–H groups in total. The maximum atomic E-state index is 12.3. The van der Waals surface area contributed by atoms with Crippen molar-refractivity contribution in [3.63, 3.8) is 0 Å². The molecule has 7 nitrogen and oxygen atoms in total. The van der Waals surface area contributed by atoms with Gasteiger partial charge in [0.2, 0.25) is 0 Å². The van der Waals surface area contributed by atoms with E-state index in [0.717, 1.165) is 0 Å². The molecule has 0 saturated carbocycles. The number of nitrogens with one attached hydrogen (secondary N) is 1. The number of hydrogen-bond donors (Lipinski definition) is 2. The first-order valence-corrected chi connectivity index (χ1v) is 12.0. The zero-order valence-electron chi connectivity index (χ0n) is 17.1. The van der Waals surface area contributed by atoms with Gasteiger partial charge in [0.05, 0.1) is 12.7 Å². The van der Waals surface area contributed by atoms with Crippen molar-refractivity contribution < 1.29 is 14.3 Å². The molecule has 0 aliphatic carbocycles. The summed E-state index contributed by atoms with van der Waals surface area (Å²) in [6.45, 7) is 13.6. The Morgan fingerprint density at radius 3 is 2.52 bits per heavy atom. The molecule has 0 amide bonds. The SMILES string of the molecule is C#C[C@@]1(CO)O[C@@H](n2cc(C)c(=O)[nH]c2=O)[C@@H](C)[C@@H]1O[Si](C)(C)C(C)(C)C. The number of terminal acetylenes is 1. The molecule has 2 heterocycles. The standard InChI is InChI=1S/C19H30N2O5Si/c1-9-19(11-22)14(26-27(7,8)18(4,5)6)13(3)16(25-19)21-10-12(2)15(23)20-17(21)24/h1,10,13-14,16,22H,11H2,2-8H3,(H,20,23,24)/t13-,14-,16+,19-/m0/s1. The van der Waals surface area contributed by atoms with E-state index in [1.807, 2.05) is 6.92 Å². The minimum Gasteiger partial charge on any atom is -0.409 e. The number of aliphatic hydroxyl groups excluding tert-OH is 1. The number of aliphatic hydroxyl groups is 1. The van der Waals surface area contributed by atoms with E-state index in [0.29, 0.717) is 5.56 Å². The van der Waals surface area contributed by atoms with Crippen LogP contribution in [0.1, 0.15) is 39.5 Å². The second-order valence-electron chi connectivity index (χ2n) is 8.84. The minimum atomic E-state index is -2.23. The maximum Gasteiger partial charge on any atom is 0.330 e. The molecule has 150 valence electrons. The number of nitrogens with zero attached hydrogens (tertiary/aromatic N) is 1. The molecule has 1 aliphatic rings. The lowest BCUT2D eigenvalue weighted by molar-refractivity contribution is -0.0897. The summed E-state index contributed by atoms with van der Waals surface area (Å²) in [4.78, 5) is 26.3. The predicted octanol–water partition coefficient (Wildman–Crippen LogP) is 1.76. The summed E-state index contributed by atoms with van der Waals surface area (Å²) in [6, 6.07) is 0. The first-order valence-electron chi connectivity index (χ1n) is 9.06. The summed E-state index contributed by atoms with van der Waals surface area (Å²) in [6.07, 6.45) is 5.86. The summed E-state index contributed by atoms with van der Waals surface area (Å²) < 4.78 is 13.9. The third-order valence-corrected chi connectivity index (χ3v) is 10.3. The van der Waals surface area contributed by atoms with Gasteiger partial charge in [0, 0.05) is 17.7 Å². The number of hydrogen-bond acceptors (Lipinski definition) is 5. The number of aromatic amines is 1. The summed E-state index contributed by atoms with van der Waals surface area (Å²) >= 11 is 0. The van der Waals surface area contributed by atoms with Crippen molar-refractivity contribution in [2.24, 2.45) is 5.92 Å². The molecule has 0 unspecified atom stereocenters. The van der Waals surface area contributed by atoms with Crippen LogP contribution >= 0.6 is 0 Å². The smallest absolute Gasteiger partial charge is 0.330 e. The molecule has 1 saturated heterocycles. The molecular weight excluding hydrogens is 364 g/mol. The van der Waals surface area contributed by atoms with Crippen LogP contribution in [0.15, 0.2) is 15.8 Å². The van der Waals surface area contributed by atoms with Gasteiger partial charge in [-0.2, -0.15) is 0 Å². The number of ether oxygens (including phenoxy) is 1. The number of aryl methyl sites for hydroxylation is 1. The third kappa shape index (κ3) is 3.69. The Bertz CT molecular complexity index is 861. The van der Waals surface area contributed by atoms with Crippen molar-refractivity contribution in [1.82, 2.24) is 9.55 Å². The normalized spacial score (nSPS) is 28.9. The Morgan fingerprint density at radius 1 is 1.44 bits per heavy atom. The first-order chi connectivity index (χ1) is 12.3. The van der Waals surface area contributed by atoms with E-state index in [1.54, 1.807) is 6.92 Å². The van der Waals surface area contributed by atoms with Gasteiger partial charge in [-0.1, -0.05) is 33.6 Å². The molecule has 0 spiro atoms. The van der Waals surface area contributed by atoms with E-state index in [1.165, 1.54) is 10.8 Å². The van der Waals surface area contributed by atoms with Gasteiger partial charge in [0.15, 0.2) is 13.9 Å². The molecule has 0 aromatic carbocycles. The third-order valence-electron chi connectivity index (χ3n) is 5.84. The van der Waals surface area contributed by atoms with Gasteiger partial charge < -0.3 is 14.3 Å². The van der Waals surface area contributed by atoms with Crippen LogP contribution in [0, 0.1) is 25.2 Å². The van der Waals surface area contributed by atoms with Gasteiger partial charge in [-0.25, -0.2) is 4.79 Å². The lowest BCUT2D eigenvalue weighted by Gasteiger charge is -2.42. The molecule has 1 aromatic heterocycles. The van der Waals surface area contributed by atoms with Crippen LogP contribution in [-0.4, -0.2) is 41.3 Å². The highest BCUT2D eigenvalue weighted by atomic mass is 28.4. The highest BCUT2D eigenvalue weighted by Crippen LogP contribution is 2.46. The fourth-order valence-corrected chi connectivity index (χ4v) is 4.43. The van der Waals surface area contributed by atoms with E-state index < -0.39 is 44.1 Å². The van der Waals surface area contributed by atoms with E-state index in [-0.39, 0.29) is 11.0 Å². The highest BCUT2D eigenvalue weighted by molar-refractivity contribution is 6.74. The van der Waals surface area contributed by atoms with E-state index in [9.17, 15) is 14.7 Å². The van der Waals surface area contributed by atoms with Crippen LogP contribution in [0.5, 0.6) is 0 Å². The van der Waals surface area contributed by atoms with Gasteiger partial charge in [-0.05, 0) is 25.1 Å². The van der Waals surface area contributed by atoms with Gasteiger partial charge in [-0.15, -0.1) is 6.42 Å². The van der Waals surface area contributed by atoms with Gasteiger partial charge in [-0.3, -0.25) is 14.3 Å². The van der Waals surface area contributed by atoms with Crippen molar-refractivity contribution in [2.45, 2.75) is 70.7 Å². The average Bonchev–Trinajstić information content (AvgIpc) is 2.83. The zero-order chi connectivity index (χ0) is 20.8. The quantitative estimate of drug-likeness (QED) is 0.600. The summed E-state index contributed by atoms with van der Waals surface area (Å²) in [5.74, 6) is 2.25. The summed E-state index contributed by atoms with van der Waals surface area (Å²) in [5, 5.41) is 10.00. The molecule has 4 atom stereocenters. The monoisotopic (exact) mass is 394 g/mol.